The van der Waals surface area contributed by atoms with E-state index in [2.05, 4.69) is 53.3 Å². The minimum absolute atomic E-state index is 0.0492. The number of rotatable bonds is 3. The summed E-state index contributed by atoms with van der Waals surface area (Å²) in [6.07, 6.45) is 0. The Labute approximate surface area is 122 Å². The second kappa shape index (κ2) is 5.74. The molecule has 1 atom stereocenters. The van der Waals surface area contributed by atoms with Gasteiger partial charge in [-0.3, -0.25) is 0 Å². The smallest absolute Gasteiger partial charge is 0.147 e. The van der Waals surface area contributed by atoms with Gasteiger partial charge in [0, 0.05) is 10.5 Å². The minimum Gasteiger partial charge on any atom is -0.375 e. The SMILES string of the molecule is Cc1ccc(C)c(C(C)Nc2c(F)cccc2Br)c1. The Bertz CT molecular complexity index is 575. The summed E-state index contributed by atoms with van der Waals surface area (Å²) in [6, 6.07) is 11.4. The van der Waals surface area contributed by atoms with Gasteiger partial charge in [-0.25, -0.2) is 4.39 Å². The van der Waals surface area contributed by atoms with E-state index in [4.69, 9.17) is 0 Å². The predicted molar refractivity (Wildman–Crippen MR) is 82.1 cm³/mol. The molecule has 0 saturated heterocycles. The summed E-state index contributed by atoms with van der Waals surface area (Å²) in [6.45, 7) is 6.18. The normalized spacial score (nSPS) is 12.3. The fourth-order valence-electron chi connectivity index (χ4n) is 2.16. The van der Waals surface area contributed by atoms with Crippen molar-refractivity contribution in [2.24, 2.45) is 0 Å². The fourth-order valence-corrected chi connectivity index (χ4v) is 2.61. The molecule has 0 amide bonds. The maximum absolute atomic E-state index is 13.8. The first-order chi connectivity index (χ1) is 8.99. The zero-order chi connectivity index (χ0) is 14.0. The third-order valence-electron chi connectivity index (χ3n) is 3.22. The first kappa shape index (κ1) is 14.1. The first-order valence-electron chi connectivity index (χ1n) is 6.26. The molecule has 2 aromatic carbocycles. The highest BCUT2D eigenvalue weighted by Crippen LogP contribution is 2.30. The van der Waals surface area contributed by atoms with Crippen LogP contribution in [0.4, 0.5) is 10.1 Å². The average molecular weight is 322 g/mol. The molecule has 2 rings (SSSR count). The molecule has 1 N–H and O–H groups in total. The van der Waals surface area contributed by atoms with Gasteiger partial charge in [-0.1, -0.05) is 29.8 Å². The minimum atomic E-state index is -0.244. The molecular formula is C16H17BrFN. The van der Waals surface area contributed by atoms with Crippen molar-refractivity contribution >= 4 is 21.6 Å². The Morgan fingerprint density at radius 3 is 2.58 bits per heavy atom. The summed E-state index contributed by atoms with van der Waals surface area (Å²) in [7, 11) is 0. The highest BCUT2D eigenvalue weighted by molar-refractivity contribution is 9.10. The van der Waals surface area contributed by atoms with E-state index >= 15 is 0 Å². The van der Waals surface area contributed by atoms with E-state index in [1.54, 1.807) is 6.07 Å². The van der Waals surface area contributed by atoms with Crippen LogP contribution in [0.3, 0.4) is 0 Å². The van der Waals surface area contributed by atoms with Crippen molar-refractivity contribution in [2.45, 2.75) is 26.8 Å². The summed E-state index contributed by atoms with van der Waals surface area (Å²) < 4.78 is 14.6. The number of benzene rings is 2. The van der Waals surface area contributed by atoms with E-state index < -0.39 is 0 Å². The summed E-state index contributed by atoms with van der Waals surface area (Å²) in [4.78, 5) is 0. The van der Waals surface area contributed by atoms with Crippen LogP contribution >= 0.6 is 15.9 Å². The maximum atomic E-state index is 13.8. The zero-order valence-corrected chi connectivity index (χ0v) is 12.9. The topological polar surface area (TPSA) is 12.0 Å². The molecule has 1 nitrogen and oxygen atoms in total. The monoisotopic (exact) mass is 321 g/mol. The Morgan fingerprint density at radius 2 is 1.89 bits per heavy atom. The lowest BCUT2D eigenvalue weighted by molar-refractivity contribution is 0.626. The van der Waals surface area contributed by atoms with Gasteiger partial charge in [-0.2, -0.15) is 0 Å². The van der Waals surface area contributed by atoms with Crippen LogP contribution in [0.1, 0.15) is 29.7 Å². The summed E-state index contributed by atoms with van der Waals surface area (Å²) in [5, 5.41) is 3.24. The standard InChI is InChI=1S/C16H17BrFN/c1-10-7-8-11(2)13(9-10)12(3)19-16-14(17)5-4-6-15(16)18/h4-9,12,19H,1-3H3. The molecule has 0 aliphatic heterocycles. The molecule has 1 unspecified atom stereocenters. The highest BCUT2D eigenvalue weighted by Gasteiger charge is 2.13. The number of nitrogens with one attached hydrogen (secondary N) is 1. The third kappa shape index (κ3) is 3.16. The largest absolute Gasteiger partial charge is 0.375 e. The van der Waals surface area contributed by atoms with Crippen LogP contribution < -0.4 is 5.32 Å². The van der Waals surface area contributed by atoms with Gasteiger partial charge in [0.05, 0.1) is 5.69 Å². The second-order valence-electron chi connectivity index (χ2n) is 4.82. The van der Waals surface area contributed by atoms with Gasteiger partial charge in [0.15, 0.2) is 0 Å². The Balaban J connectivity index is 2.31. The van der Waals surface area contributed by atoms with Crippen LogP contribution in [-0.2, 0) is 0 Å². The van der Waals surface area contributed by atoms with Crippen molar-refractivity contribution in [3.63, 3.8) is 0 Å². The molecule has 2 aromatic rings. The van der Waals surface area contributed by atoms with Gasteiger partial charge in [0.25, 0.3) is 0 Å². The molecule has 19 heavy (non-hydrogen) atoms. The third-order valence-corrected chi connectivity index (χ3v) is 3.89. The predicted octanol–water partition coefficient (Wildman–Crippen LogP) is 5.38. The van der Waals surface area contributed by atoms with E-state index in [0.717, 1.165) is 4.47 Å². The van der Waals surface area contributed by atoms with Gasteiger partial charge in [0.2, 0.25) is 0 Å². The number of para-hydroxylation sites is 1. The molecule has 0 bridgehead atoms. The second-order valence-corrected chi connectivity index (χ2v) is 5.68. The molecule has 3 heteroatoms. The lowest BCUT2D eigenvalue weighted by Crippen LogP contribution is -2.10. The molecule has 0 aliphatic carbocycles. The van der Waals surface area contributed by atoms with Crippen molar-refractivity contribution in [1.82, 2.24) is 0 Å². The van der Waals surface area contributed by atoms with E-state index in [1.807, 2.05) is 13.0 Å². The quantitative estimate of drug-likeness (QED) is 0.800. The Morgan fingerprint density at radius 1 is 1.16 bits per heavy atom. The van der Waals surface area contributed by atoms with Crippen molar-refractivity contribution in [3.05, 3.63) is 63.4 Å². The van der Waals surface area contributed by atoms with Crippen LogP contribution in [0, 0.1) is 19.7 Å². The molecule has 0 saturated carbocycles. The molecule has 100 valence electrons. The van der Waals surface area contributed by atoms with E-state index in [1.165, 1.54) is 22.8 Å². The summed E-state index contributed by atoms with van der Waals surface area (Å²) >= 11 is 3.38. The lowest BCUT2D eigenvalue weighted by Gasteiger charge is -2.19. The van der Waals surface area contributed by atoms with Crippen molar-refractivity contribution in [3.8, 4) is 0 Å². The van der Waals surface area contributed by atoms with Crippen LogP contribution in [0.25, 0.3) is 0 Å². The van der Waals surface area contributed by atoms with Crippen molar-refractivity contribution in [2.75, 3.05) is 5.32 Å². The number of hydrogen-bond acceptors (Lipinski definition) is 1. The van der Waals surface area contributed by atoms with E-state index in [0.29, 0.717) is 5.69 Å². The molecule has 0 radical (unpaired) electrons. The number of aryl methyl sites for hydroxylation is 2. The first-order valence-corrected chi connectivity index (χ1v) is 7.06. The molecular weight excluding hydrogens is 305 g/mol. The van der Waals surface area contributed by atoms with Gasteiger partial charge in [-0.05, 0) is 60.0 Å². The zero-order valence-electron chi connectivity index (χ0n) is 11.3. The molecule has 0 fully saturated rings. The van der Waals surface area contributed by atoms with Gasteiger partial charge in [-0.15, -0.1) is 0 Å². The molecule has 0 heterocycles. The van der Waals surface area contributed by atoms with Crippen LogP contribution in [0.2, 0.25) is 0 Å². The molecule has 0 spiro atoms. The van der Waals surface area contributed by atoms with Crippen LogP contribution in [0.15, 0.2) is 40.9 Å². The lowest BCUT2D eigenvalue weighted by atomic mass is 10.00. The highest BCUT2D eigenvalue weighted by atomic mass is 79.9. The Kier molecular flexibility index (Phi) is 4.25. The summed E-state index contributed by atoms with van der Waals surface area (Å²) in [5.74, 6) is -0.244. The van der Waals surface area contributed by atoms with E-state index in [-0.39, 0.29) is 11.9 Å². The van der Waals surface area contributed by atoms with Crippen LogP contribution in [-0.4, -0.2) is 0 Å². The number of anilines is 1. The molecule has 0 aliphatic rings. The van der Waals surface area contributed by atoms with Crippen LogP contribution in [0.5, 0.6) is 0 Å². The Hall–Kier alpha value is -1.35. The molecule has 0 aromatic heterocycles. The van der Waals surface area contributed by atoms with Gasteiger partial charge >= 0.3 is 0 Å². The fraction of sp³-hybridized carbons (Fsp3) is 0.250. The van der Waals surface area contributed by atoms with Crippen molar-refractivity contribution < 1.29 is 4.39 Å². The number of halogens is 2. The summed E-state index contributed by atoms with van der Waals surface area (Å²) in [5.41, 5.74) is 4.12. The van der Waals surface area contributed by atoms with Crippen molar-refractivity contribution in [1.29, 1.82) is 0 Å². The van der Waals surface area contributed by atoms with Gasteiger partial charge < -0.3 is 5.32 Å². The van der Waals surface area contributed by atoms with Gasteiger partial charge in [0.1, 0.15) is 5.82 Å². The number of hydrogen-bond donors (Lipinski definition) is 1. The average Bonchev–Trinajstić information content (AvgIpc) is 2.37. The van der Waals surface area contributed by atoms with E-state index in [9.17, 15) is 4.39 Å². The maximum Gasteiger partial charge on any atom is 0.147 e.